The minimum Gasteiger partial charge on any atom is -0.324 e. The normalized spacial score (nSPS) is 11.9. The second kappa shape index (κ2) is 13.2. The molecule has 3 aromatic carbocycles. The van der Waals surface area contributed by atoms with Gasteiger partial charge in [0, 0.05) is 20.6 Å². The number of rotatable bonds is 9. The fourth-order valence-electron chi connectivity index (χ4n) is 3.34. The summed E-state index contributed by atoms with van der Waals surface area (Å²) < 4.78 is 0.818. The second-order valence-corrected chi connectivity index (χ2v) is 11.2. The van der Waals surface area contributed by atoms with E-state index in [0.717, 1.165) is 14.9 Å². The number of para-hydroxylation sites is 1. The number of nitrogens with one attached hydrogen (secondary N) is 3. The first kappa shape index (κ1) is 27.4. The minimum atomic E-state index is -0.443. The van der Waals surface area contributed by atoms with E-state index in [0.29, 0.717) is 16.9 Å². The highest BCUT2D eigenvalue weighted by molar-refractivity contribution is 9.10. The molecule has 192 valence electrons. The summed E-state index contributed by atoms with van der Waals surface area (Å²) in [7, 11) is 0. The molecule has 0 aliphatic carbocycles. The average molecular weight is 607 g/mol. The first-order chi connectivity index (χ1) is 18.4. The van der Waals surface area contributed by atoms with Gasteiger partial charge in [0.1, 0.15) is 5.70 Å². The number of benzene rings is 3. The molecule has 0 saturated carbocycles. The van der Waals surface area contributed by atoms with Gasteiger partial charge in [-0.1, -0.05) is 30.3 Å². The zero-order valence-electron chi connectivity index (χ0n) is 20.3. The molecule has 6 nitrogen and oxygen atoms in total. The highest BCUT2D eigenvalue weighted by Crippen LogP contribution is 2.27. The number of carbonyl (C=O) groups excluding carboxylic acids is 3. The van der Waals surface area contributed by atoms with E-state index in [-0.39, 0.29) is 22.8 Å². The van der Waals surface area contributed by atoms with Gasteiger partial charge >= 0.3 is 0 Å². The predicted molar refractivity (Wildman–Crippen MR) is 159 cm³/mol. The smallest absolute Gasteiger partial charge is 0.272 e. The van der Waals surface area contributed by atoms with Gasteiger partial charge in [0.25, 0.3) is 11.8 Å². The molecule has 0 aliphatic heterocycles. The average Bonchev–Trinajstić information content (AvgIpc) is 3.44. The molecule has 38 heavy (non-hydrogen) atoms. The maximum atomic E-state index is 13.1. The van der Waals surface area contributed by atoms with Crippen LogP contribution in [0.4, 0.5) is 11.4 Å². The quantitative estimate of drug-likeness (QED) is 0.141. The van der Waals surface area contributed by atoms with E-state index in [4.69, 9.17) is 0 Å². The Morgan fingerprint density at radius 2 is 1.61 bits per heavy atom. The minimum absolute atomic E-state index is 0.114. The van der Waals surface area contributed by atoms with Crippen molar-refractivity contribution in [2.24, 2.45) is 0 Å². The molecular formula is C29H24BrN3O3S2. The molecule has 0 spiro atoms. The zero-order valence-corrected chi connectivity index (χ0v) is 23.5. The molecule has 9 heteroatoms. The van der Waals surface area contributed by atoms with E-state index in [1.54, 1.807) is 42.5 Å². The first-order valence-corrected chi connectivity index (χ1v) is 14.2. The van der Waals surface area contributed by atoms with Gasteiger partial charge in [-0.15, -0.1) is 11.8 Å². The topological polar surface area (TPSA) is 87.3 Å². The maximum Gasteiger partial charge on any atom is 0.272 e. The Balaban J connectivity index is 1.40. The summed E-state index contributed by atoms with van der Waals surface area (Å²) in [5, 5.41) is 11.9. The molecule has 3 N–H and O–H groups in total. The molecule has 0 radical (unpaired) electrons. The lowest BCUT2D eigenvalue weighted by atomic mass is 10.2. The zero-order chi connectivity index (χ0) is 26.9. The summed E-state index contributed by atoms with van der Waals surface area (Å²) in [5.41, 5.74) is 2.68. The number of thioether (sulfide) groups is 1. The summed E-state index contributed by atoms with van der Waals surface area (Å²) in [6, 6.07) is 25.3. The van der Waals surface area contributed by atoms with Crippen LogP contribution in [0.1, 0.15) is 22.8 Å². The van der Waals surface area contributed by atoms with Gasteiger partial charge in [-0.05, 0) is 99.9 Å². The Morgan fingerprint density at radius 3 is 2.29 bits per heavy atom. The Hall–Kier alpha value is -3.66. The maximum absolute atomic E-state index is 13.1. The van der Waals surface area contributed by atoms with Crippen LogP contribution >= 0.6 is 39.0 Å². The number of halogens is 1. The van der Waals surface area contributed by atoms with Crippen LogP contribution in [0.5, 0.6) is 0 Å². The van der Waals surface area contributed by atoms with Crippen LogP contribution in [-0.2, 0) is 9.59 Å². The van der Waals surface area contributed by atoms with Crippen LogP contribution in [0.3, 0.4) is 0 Å². The Kier molecular flexibility index (Phi) is 9.53. The first-order valence-electron chi connectivity index (χ1n) is 11.6. The number of hydrogen-bond acceptors (Lipinski definition) is 5. The fraction of sp³-hybridized carbons (Fsp3) is 0.0690. The standard InChI is InChI=1S/C29H24BrN3O3S2/c1-19(27(34)32-25-10-6-5-9-24(25)30)38-23-13-11-22(12-14-23)31-29(36)26(17-20-15-16-37-18-20)33-28(35)21-7-3-2-4-8-21/h2-19H,1H3,(H,31,36)(H,32,34)(H,33,35)/b26-17-. The molecule has 3 amide bonds. The Morgan fingerprint density at radius 1 is 0.895 bits per heavy atom. The van der Waals surface area contributed by atoms with Crippen LogP contribution in [0.15, 0.2) is 111 Å². The van der Waals surface area contributed by atoms with Crippen LogP contribution in [0, 0.1) is 0 Å². The van der Waals surface area contributed by atoms with Gasteiger partial charge in [-0.2, -0.15) is 11.3 Å². The molecule has 0 bridgehead atoms. The molecule has 1 aromatic heterocycles. The van der Waals surface area contributed by atoms with E-state index >= 15 is 0 Å². The predicted octanol–water partition coefficient (Wildman–Crippen LogP) is 7.04. The lowest BCUT2D eigenvalue weighted by Gasteiger charge is -2.14. The molecule has 4 rings (SSSR count). The van der Waals surface area contributed by atoms with Crippen molar-refractivity contribution in [1.82, 2.24) is 5.32 Å². The van der Waals surface area contributed by atoms with E-state index in [2.05, 4.69) is 31.9 Å². The Labute approximate surface area is 237 Å². The van der Waals surface area contributed by atoms with Crippen molar-refractivity contribution in [3.05, 3.63) is 117 Å². The van der Waals surface area contributed by atoms with Crippen molar-refractivity contribution in [1.29, 1.82) is 0 Å². The fourth-order valence-corrected chi connectivity index (χ4v) is 5.21. The van der Waals surface area contributed by atoms with Crippen molar-refractivity contribution < 1.29 is 14.4 Å². The van der Waals surface area contributed by atoms with Crippen molar-refractivity contribution in [3.63, 3.8) is 0 Å². The van der Waals surface area contributed by atoms with Crippen molar-refractivity contribution in [3.8, 4) is 0 Å². The largest absolute Gasteiger partial charge is 0.324 e. The van der Waals surface area contributed by atoms with Crippen LogP contribution in [0.2, 0.25) is 0 Å². The molecule has 4 aromatic rings. The third-order valence-electron chi connectivity index (χ3n) is 5.31. The van der Waals surface area contributed by atoms with E-state index in [1.165, 1.54) is 23.1 Å². The van der Waals surface area contributed by atoms with Crippen LogP contribution in [-0.4, -0.2) is 23.0 Å². The number of thiophene rings is 1. The summed E-state index contributed by atoms with van der Waals surface area (Å²) in [4.78, 5) is 39.3. The van der Waals surface area contributed by atoms with Gasteiger partial charge in [0.2, 0.25) is 5.91 Å². The number of carbonyl (C=O) groups is 3. The molecule has 1 unspecified atom stereocenters. The van der Waals surface area contributed by atoms with Gasteiger partial charge in [-0.25, -0.2) is 0 Å². The third-order valence-corrected chi connectivity index (χ3v) is 7.81. The van der Waals surface area contributed by atoms with E-state index in [9.17, 15) is 14.4 Å². The number of amides is 3. The van der Waals surface area contributed by atoms with Gasteiger partial charge in [-0.3, -0.25) is 14.4 Å². The molecule has 0 saturated heterocycles. The van der Waals surface area contributed by atoms with E-state index in [1.807, 2.05) is 66.2 Å². The lowest BCUT2D eigenvalue weighted by molar-refractivity contribution is -0.115. The summed E-state index contributed by atoms with van der Waals surface area (Å²) in [6.07, 6.45) is 1.64. The summed E-state index contributed by atoms with van der Waals surface area (Å²) in [6.45, 7) is 1.84. The van der Waals surface area contributed by atoms with Gasteiger partial charge in [0.15, 0.2) is 0 Å². The number of hydrogen-bond donors (Lipinski definition) is 3. The number of anilines is 2. The molecule has 0 aliphatic rings. The molecule has 0 fully saturated rings. The van der Waals surface area contributed by atoms with Crippen LogP contribution in [0.25, 0.3) is 6.08 Å². The van der Waals surface area contributed by atoms with Crippen molar-refractivity contribution in [2.45, 2.75) is 17.1 Å². The molecule has 1 heterocycles. The lowest BCUT2D eigenvalue weighted by Crippen LogP contribution is -2.30. The molecular weight excluding hydrogens is 582 g/mol. The summed E-state index contributed by atoms with van der Waals surface area (Å²) in [5.74, 6) is -0.928. The van der Waals surface area contributed by atoms with Crippen molar-refractivity contribution in [2.75, 3.05) is 10.6 Å². The Bertz CT molecular complexity index is 1440. The monoisotopic (exact) mass is 605 g/mol. The molecule has 1 atom stereocenters. The van der Waals surface area contributed by atoms with Gasteiger partial charge < -0.3 is 16.0 Å². The van der Waals surface area contributed by atoms with Gasteiger partial charge in [0.05, 0.1) is 10.9 Å². The van der Waals surface area contributed by atoms with Crippen LogP contribution < -0.4 is 16.0 Å². The van der Waals surface area contributed by atoms with Crippen molar-refractivity contribution >= 4 is 74.2 Å². The SMILES string of the molecule is CC(Sc1ccc(NC(=O)/C(=C/c2ccsc2)NC(=O)c2ccccc2)cc1)C(=O)Nc1ccccc1Br. The summed E-state index contributed by atoms with van der Waals surface area (Å²) >= 11 is 6.35. The van der Waals surface area contributed by atoms with E-state index < -0.39 is 5.91 Å². The second-order valence-electron chi connectivity index (χ2n) is 8.14. The highest BCUT2D eigenvalue weighted by atomic mass is 79.9. The third kappa shape index (κ3) is 7.67. The highest BCUT2D eigenvalue weighted by Gasteiger charge is 2.17.